The molecule has 1 aromatic rings. The van der Waals surface area contributed by atoms with Gasteiger partial charge in [0.1, 0.15) is 0 Å². The van der Waals surface area contributed by atoms with Crippen molar-refractivity contribution in [1.29, 1.82) is 0 Å². The molecular formula is C10H9F3LiNO. The molecule has 0 saturated heterocycles. The van der Waals surface area contributed by atoms with Crippen LogP contribution >= 0.6 is 0 Å². The summed E-state index contributed by atoms with van der Waals surface area (Å²) in [5, 5.41) is 2.93. The van der Waals surface area contributed by atoms with Gasteiger partial charge in [0.25, 0.3) is 0 Å². The summed E-state index contributed by atoms with van der Waals surface area (Å²) in [4.78, 5) is 10.4. The molecule has 1 amide bonds. The molecule has 0 aliphatic rings. The van der Waals surface area contributed by atoms with E-state index in [1.807, 2.05) is 6.07 Å². The Hall–Kier alpha value is -0.923. The average molecular weight is 223 g/mol. The van der Waals surface area contributed by atoms with Crippen LogP contribution in [0.15, 0.2) is 30.3 Å². The summed E-state index contributed by atoms with van der Waals surface area (Å²) < 4.78 is 35.2. The summed E-state index contributed by atoms with van der Waals surface area (Å²) in [6.07, 6.45) is -4.51. The minimum Gasteiger partial charge on any atom is -0.645 e. The minimum absolute atomic E-state index is 0. The standard InChI is InChI=1S/C10H10F3NO.Li/c11-10(12,13)9(15)14-7-6-8-4-2-1-3-5-8;/h1-5H,6-7H2,(H,14,15);/q;+1/p-1. The van der Waals surface area contributed by atoms with Gasteiger partial charge in [0.2, 0.25) is 0 Å². The van der Waals surface area contributed by atoms with Gasteiger partial charge in [-0.3, -0.25) is 0 Å². The average Bonchev–Trinajstić information content (AvgIpc) is 2.18. The van der Waals surface area contributed by atoms with E-state index >= 15 is 0 Å². The third kappa shape index (κ3) is 5.24. The molecule has 0 bridgehead atoms. The first-order chi connectivity index (χ1) is 7.00. The molecule has 0 aliphatic heterocycles. The second-order valence-corrected chi connectivity index (χ2v) is 2.92. The number of nitrogens with zero attached hydrogens (tertiary/aromatic N) is 1. The summed E-state index contributed by atoms with van der Waals surface area (Å²) >= 11 is 0. The number of carbonyl (C=O) groups is 1. The van der Waals surface area contributed by atoms with Crippen LogP contribution in [0.4, 0.5) is 13.2 Å². The van der Waals surface area contributed by atoms with Crippen molar-refractivity contribution in [2.75, 3.05) is 6.54 Å². The van der Waals surface area contributed by atoms with Gasteiger partial charge in [0, 0.05) is 0 Å². The van der Waals surface area contributed by atoms with E-state index in [0.29, 0.717) is 6.42 Å². The summed E-state index contributed by atoms with van der Waals surface area (Å²) in [6, 6.07) is 8.91. The van der Waals surface area contributed by atoms with Crippen LogP contribution in [0.1, 0.15) is 5.56 Å². The van der Waals surface area contributed by atoms with Crippen molar-refractivity contribution in [2.24, 2.45) is 0 Å². The maximum Gasteiger partial charge on any atom is 1.00 e. The fraction of sp³-hybridized carbons (Fsp3) is 0.300. The van der Waals surface area contributed by atoms with Crippen molar-refractivity contribution in [2.45, 2.75) is 12.6 Å². The van der Waals surface area contributed by atoms with Gasteiger partial charge in [-0.25, -0.2) is 0 Å². The quantitative estimate of drug-likeness (QED) is 0.647. The normalized spacial score (nSPS) is 10.4. The van der Waals surface area contributed by atoms with Crippen LogP contribution in [0.5, 0.6) is 0 Å². The molecule has 2 nitrogen and oxygen atoms in total. The second-order valence-electron chi connectivity index (χ2n) is 2.92. The van der Waals surface area contributed by atoms with Gasteiger partial charge in [0.15, 0.2) is 5.91 Å². The van der Waals surface area contributed by atoms with Crippen molar-refractivity contribution >= 4 is 5.91 Å². The van der Waals surface area contributed by atoms with E-state index in [2.05, 4.69) is 5.32 Å². The number of alkyl halides is 3. The Morgan fingerprint density at radius 2 is 1.75 bits per heavy atom. The van der Waals surface area contributed by atoms with Crippen molar-refractivity contribution in [3.05, 3.63) is 41.2 Å². The third-order valence-corrected chi connectivity index (χ3v) is 1.74. The number of hydrogen-bond donors (Lipinski definition) is 0. The smallest absolute Gasteiger partial charge is 0.645 e. The molecule has 0 fully saturated rings. The minimum atomic E-state index is -4.85. The monoisotopic (exact) mass is 223 g/mol. The van der Waals surface area contributed by atoms with E-state index in [9.17, 15) is 18.0 Å². The third-order valence-electron chi connectivity index (χ3n) is 1.74. The van der Waals surface area contributed by atoms with E-state index < -0.39 is 12.1 Å². The number of carbonyl (C=O) groups excluding carboxylic acids is 1. The Morgan fingerprint density at radius 3 is 2.25 bits per heavy atom. The van der Waals surface area contributed by atoms with Crippen LogP contribution in [0.2, 0.25) is 0 Å². The largest absolute Gasteiger partial charge is 1.00 e. The van der Waals surface area contributed by atoms with Crippen LogP contribution in [0.3, 0.4) is 0 Å². The van der Waals surface area contributed by atoms with Gasteiger partial charge in [-0.05, 0) is 12.0 Å². The molecule has 0 heterocycles. The Kier molecular flexibility index (Phi) is 6.23. The predicted octanol–water partition coefficient (Wildman–Crippen LogP) is -0.304. The summed E-state index contributed by atoms with van der Waals surface area (Å²) in [6.45, 7) is -0.137. The molecule has 0 atom stereocenters. The van der Waals surface area contributed by atoms with E-state index in [0.717, 1.165) is 5.56 Å². The molecule has 0 aliphatic carbocycles. The summed E-state index contributed by atoms with van der Waals surface area (Å²) in [7, 11) is 0. The summed E-state index contributed by atoms with van der Waals surface area (Å²) in [5.74, 6) is -2.02. The van der Waals surface area contributed by atoms with Gasteiger partial charge in [-0.15, -0.1) is 6.54 Å². The Labute approximate surface area is 103 Å². The zero-order valence-corrected chi connectivity index (χ0v) is 8.79. The van der Waals surface area contributed by atoms with Crippen molar-refractivity contribution in [1.82, 2.24) is 0 Å². The van der Waals surface area contributed by atoms with Gasteiger partial charge in [-0.2, -0.15) is 13.2 Å². The molecule has 0 N–H and O–H groups in total. The van der Waals surface area contributed by atoms with Crippen LogP contribution in [-0.4, -0.2) is 18.6 Å². The van der Waals surface area contributed by atoms with Crippen molar-refractivity contribution in [3.63, 3.8) is 0 Å². The maximum absolute atomic E-state index is 11.7. The zero-order chi connectivity index (χ0) is 11.3. The first kappa shape index (κ1) is 15.1. The molecule has 1 aromatic carbocycles. The fourth-order valence-electron chi connectivity index (χ4n) is 1.02. The van der Waals surface area contributed by atoms with E-state index in [4.69, 9.17) is 0 Å². The van der Waals surface area contributed by atoms with Crippen LogP contribution in [0.25, 0.3) is 5.32 Å². The number of hydrogen-bond acceptors (Lipinski definition) is 1. The van der Waals surface area contributed by atoms with Gasteiger partial charge >= 0.3 is 25.0 Å². The maximum atomic E-state index is 11.7. The fourth-order valence-corrected chi connectivity index (χ4v) is 1.02. The molecular weight excluding hydrogens is 214 g/mol. The predicted molar refractivity (Wildman–Crippen MR) is 49.4 cm³/mol. The number of rotatable bonds is 3. The van der Waals surface area contributed by atoms with Crippen LogP contribution < -0.4 is 18.9 Å². The molecule has 1 rings (SSSR count). The van der Waals surface area contributed by atoms with Crippen molar-refractivity contribution < 1.29 is 36.8 Å². The van der Waals surface area contributed by atoms with Gasteiger partial charge in [-0.1, -0.05) is 30.3 Å². The number of halogens is 3. The summed E-state index contributed by atoms with van der Waals surface area (Å²) in [5.41, 5.74) is 0.858. The van der Waals surface area contributed by atoms with Crippen LogP contribution in [0, 0.1) is 0 Å². The molecule has 0 spiro atoms. The topological polar surface area (TPSA) is 31.2 Å². The van der Waals surface area contributed by atoms with E-state index in [1.165, 1.54) is 0 Å². The molecule has 0 unspecified atom stereocenters. The SMILES string of the molecule is O=C([N-]CCc1ccccc1)C(F)(F)F.[Li+]. The molecule has 6 heteroatoms. The molecule has 0 radical (unpaired) electrons. The van der Waals surface area contributed by atoms with Gasteiger partial charge < -0.3 is 10.1 Å². The Bertz CT molecular complexity index is 327. The first-order valence-corrected chi connectivity index (χ1v) is 4.33. The van der Waals surface area contributed by atoms with Crippen molar-refractivity contribution in [3.8, 4) is 0 Å². The molecule has 16 heavy (non-hydrogen) atoms. The second kappa shape index (κ2) is 6.61. The number of amides is 1. The molecule has 82 valence electrons. The number of benzene rings is 1. The first-order valence-electron chi connectivity index (χ1n) is 4.33. The van der Waals surface area contributed by atoms with E-state index in [-0.39, 0.29) is 25.4 Å². The Morgan fingerprint density at radius 1 is 1.19 bits per heavy atom. The van der Waals surface area contributed by atoms with Gasteiger partial charge in [0.05, 0.1) is 0 Å². The van der Waals surface area contributed by atoms with E-state index in [1.54, 1.807) is 24.3 Å². The Balaban J connectivity index is 0.00000225. The molecule has 0 saturated carbocycles. The zero-order valence-electron chi connectivity index (χ0n) is 8.79. The van der Waals surface area contributed by atoms with Crippen LogP contribution in [-0.2, 0) is 11.2 Å². The molecule has 0 aromatic heterocycles.